The van der Waals surface area contributed by atoms with E-state index >= 15 is 0 Å². The first-order valence-electron chi connectivity index (χ1n) is 12.9. The zero-order valence-corrected chi connectivity index (χ0v) is 23.6. The van der Waals surface area contributed by atoms with E-state index in [2.05, 4.69) is 59.4 Å². The maximum atomic E-state index is 13.7. The average molecular weight is 582 g/mol. The van der Waals surface area contributed by atoms with E-state index in [1.807, 2.05) is 24.3 Å². The number of esters is 1. The molecule has 1 atom stereocenters. The summed E-state index contributed by atoms with van der Waals surface area (Å²) in [6, 6.07) is 24.7. The Hall–Kier alpha value is -3.90. The van der Waals surface area contributed by atoms with Gasteiger partial charge in [-0.15, -0.1) is 0 Å². The van der Waals surface area contributed by atoms with Gasteiger partial charge in [-0.2, -0.15) is 0 Å². The highest BCUT2D eigenvalue weighted by Gasteiger charge is 2.41. The topological polar surface area (TPSA) is 64.6 Å². The molecule has 0 bridgehead atoms. The minimum atomic E-state index is -0.472. The molecule has 1 unspecified atom stereocenters. The van der Waals surface area contributed by atoms with Gasteiger partial charge in [0.05, 0.1) is 18.7 Å². The predicted octanol–water partition coefficient (Wildman–Crippen LogP) is 8.14. The van der Waals surface area contributed by atoms with Crippen molar-refractivity contribution in [3.63, 3.8) is 0 Å². The largest absolute Gasteiger partial charge is 0.493 e. The number of ether oxygens (including phenoxy) is 2. The summed E-state index contributed by atoms with van der Waals surface area (Å²) in [6.45, 7) is 4.32. The molecule has 5 nitrogen and oxygen atoms in total. The maximum absolute atomic E-state index is 13.7. The number of fused-ring (bicyclic) bond motifs is 4. The molecular formula is C33H28BrNO4. The van der Waals surface area contributed by atoms with Gasteiger partial charge in [0, 0.05) is 27.7 Å². The van der Waals surface area contributed by atoms with Crippen LogP contribution in [0.25, 0.3) is 16.3 Å². The summed E-state index contributed by atoms with van der Waals surface area (Å²) in [6.07, 6.45) is 1.30. The van der Waals surface area contributed by atoms with E-state index in [1.165, 1.54) is 0 Å². The molecule has 1 N–H and O–H groups in total. The maximum Gasteiger partial charge on any atom is 0.343 e. The highest BCUT2D eigenvalue weighted by atomic mass is 79.9. The number of halogens is 1. The third kappa shape index (κ3) is 4.63. The second kappa shape index (κ2) is 9.69. The van der Waals surface area contributed by atoms with Gasteiger partial charge in [-0.1, -0.05) is 66.2 Å². The molecule has 4 aromatic rings. The number of benzene rings is 4. The number of carbonyl (C=O) groups is 2. The monoisotopic (exact) mass is 581 g/mol. The zero-order valence-electron chi connectivity index (χ0n) is 22.0. The molecule has 0 radical (unpaired) electrons. The van der Waals surface area contributed by atoms with Gasteiger partial charge in [-0.05, 0) is 76.2 Å². The molecule has 0 spiro atoms. The lowest BCUT2D eigenvalue weighted by atomic mass is 9.68. The summed E-state index contributed by atoms with van der Waals surface area (Å²) in [5.41, 5.74) is 5.22. The summed E-state index contributed by atoms with van der Waals surface area (Å²) in [5, 5.41) is 5.95. The third-order valence-corrected chi connectivity index (χ3v) is 8.07. The average Bonchev–Trinajstić information content (AvgIpc) is 2.92. The zero-order chi connectivity index (χ0) is 27.3. The molecule has 6 heteroatoms. The minimum Gasteiger partial charge on any atom is -0.493 e. The number of nitrogens with one attached hydrogen (secondary N) is 1. The van der Waals surface area contributed by atoms with Gasteiger partial charge in [0.15, 0.2) is 17.3 Å². The van der Waals surface area contributed by atoms with E-state index in [4.69, 9.17) is 9.47 Å². The molecule has 1 aliphatic heterocycles. The Balaban J connectivity index is 1.42. The van der Waals surface area contributed by atoms with Crippen LogP contribution in [0.15, 0.2) is 88.9 Å². The number of anilines is 1. The molecule has 2 aliphatic rings. The Bertz CT molecular complexity index is 1670. The molecular weight excluding hydrogens is 554 g/mol. The molecule has 0 fully saturated rings. The number of hydrogen-bond donors (Lipinski definition) is 1. The van der Waals surface area contributed by atoms with Crippen molar-refractivity contribution in [1.82, 2.24) is 0 Å². The lowest BCUT2D eigenvalue weighted by Gasteiger charge is -2.40. The summed E-state index contributed by atoms with van der Waals surface area (Å²) in [7, 11) is 1.55. The van der Waals surface area contributed by atoms with Gasteiger partial charge in [-0.3, -0.25) is 4.79 Å². The summed E-state index contributed by atoms with van der Waals surface area (Å²) in [4.78, 5) is 26.5. The van der Waals surface area contributed by atoms with E-state index < -0.39 is 5.97 Å². The van der Waals surface area contributed by atoms with Crippen molar-refractivity contribution in [1.29, 1.82) is 0 Å². The van der Waals surface area contributed by atoms with Crippen LogP contribution in [-0.4, -0.2) is 18.9 Å². The fraction of sp³-hybridized carbons (Fsp3) is 0.212. The van der Waals surface area contributed by atoms with Gasteiger partial charge in [0.2, 0.25) is 0 Å². The van der Waals surface area contributed by atoms with Crippen molar-refractivity contribution in [3.05, 3.63) is 106 Å². The van der Waals surface area contributed by atoms with Gasteiger partial charge in [0.1, 0.15) is 0 Å². The van der Waals surface area contributed by atoms with Gasteiger partial charge < -0.3 is 14.8 Å². The molecule has 0 saturated carbocycles. The van der Waals surface area contributed by atoms with E-state index in [-0.39, 0.29) is 17.2 Å². The Morgan fingerprint density at radius 1 is 0.949 bits per heavy atom. The van der Waals surface area contributed by atoms with E-state index in [0.29, 0.717) is 23.5 Å². The van der Waals surface area contributed by atoms with Gasteiger partial charge in [0.25, 0.3) is 0 Å². The third-order valence-electron chi connectivity index (χ3n) is 7.54. The first-order chi connectivity index (χ1) is 18.7. The van der Waals surface area contributed by atoms with Crippen LogP contribution in [0.5, 0.6) is 11.5 Å². The van der Waals surface area contributed by atoms with Crippen LogP contribution in [0.2, 0.25) is 0 Å². The number of rotatable bonds is 4. The van der Waals surface area contributed by atoms with Gasteiger partial charge >= 0.3 is 5.97 Å². The Morgan fingerprint density at radius 3 is 2.49 bits per heavy atom. The van der Waals surface area contributed by atoms with Crippen LogP contribution in [0.3, 0.4) is 0 Å². The molecule has 0 aromatic heterocycles. The van der Waals surface area contributed by atoms with Crippen LogP contribution in [0.1, 0.15) is 54.2 Å². The fourth-order valence-corrected chi connectivity index (χ4v) is 6.04. The minimum absolute atomic E-state index is 0.130. The number of allylic oxidation sites excluding steroid dienone is 1. The van der Waals surface area contributed by atoms with Crippen LogP contribution in [0, 0.1) is 5.41 Å². The predicted molar refractivity (Wildman–Crippen MR) is 157 cm³/mol. The van der Waals surface area contributed by atoms with Crippen LogP contribution in [0.4, 0.5) is 5.69 Å². The Morgan fingerprint density at radius 2 is 1.72 bits per heavy atom. The number of carbonyl (C=O) groups excluding carboxylic acids is 2. The summed E-state index contributed by atoms with van der Waals surface area (Å²) in [5.74, 6) is 0.429. The van der Waals surface area contributed by atoms with Crippen molar-refractivity contribution in [3.8, 4) is 11.5 Å². The summed E-state index contributed by atoms with van der Waals surface area (Å²) < 4.78 is 12.2. The van der Waals surface area contributed by atoms with Crippen LogP contribution < -0.4 is 14.8 Å². The number of methoxy groups -OCH3 is 1. The van der Waals surface area contributed by atoms with E-state index in [9.17, 15) is 9.59 Å². The molecule has 39 heavy (non-hydrogen) atoms. The summed E-state index contributed by atoms with van der Waals surface area (Å²) >= 11 is 3.38. The SMILES string of the molecule is COc1cc(C2Nc3ccc4ccccc4c3C3=C2C(=O)CC(C)(C)C3)ccc1OC(=O)c1ccc(Br)cc1. The van der Waals surface area contributed by atoms with E-state index in [1.54, 1.807) is 37.4 Å². The molecule has 1 heterocycles. The first-order valence-corrected chi connectivity index (χ1v) is 13.7. The second-order valence-electron chi connectivity index (χ2n) is 10.9. The van der Waals surface area contributed by atoms with Crippen molar-refractivity contribution >= 4 is 49.7 Å². The Kier molecular flexibility index (Phi) is 6.31. The standard InChI is InChI=1S/C33H28BrNO4/c1-33(2)17-24-29-23-7-5-4-6-19(23)10-14-25(29)35-31(30(24)26(36)18-33)21-11-15-27(28(16-21)38-3)39-32(37)20-8-12-22(34)13-9-20/h4-16,31,35H,17-18H2,1-3H3. The highest BCUT2D eigenvalue weighted by molar-refractivity contribution is 9.10. The second-order valence-corrected chi connectivity index (χ2v) is 11.8. The van der Waals surface area contributed by atoms with Crippen molar-refractivity contribution in [2.45, 2.75) is 32.7 Å². The molecule has 1 aliphatic carbocycles. The molecule has 6 rings (SSSR count). The number of ketones is 1. The van der Waals surface area contributed by atoms with Crippen molar-refractivity contribution in [2.75, 3.05) is 12.4 Å². The highest BCUT2D eigenvalue weighted by Crippen LogP contribution is 2.52. The van der Waals surface area contributed by atoms with Crippen LogP contribution >= 0.6 is 15.9 Å². The molecule has 0 amide bonds. The smallest absolute Gasteiger partial charge is 0.343 e. The lowest BCUT2D eigenvalue weighted by Crippen LogP contribution is -2.33. The van der Waals surface area contributed by atoms with Crippen LogP contribution in [-0.2, 0) is 4.79 Å². The molecule has 4 aromatic carbocycles. The fourth-order valence-electron chi connectivity index (χ4n) is 5.78. The lowest BCUT2D eigenvalue weighted by molar-refractivity contribution is -0.118. The quantitative estimate of drug-likeness (QED) is 0.194. The number of Topliss-reactive ketones (excluding diaryl/α,β-unsaturated/α-hetero) is 1. The normalized spacial score (nSPS) is 17.7. The first kappa shape index (κ1) is 25.4. The Labute approximate surface area is 236 Å². The molecule has 0 saturated heterocycles. The van der Waals surface area contributed by atoms with Gasteiger partial charge in [-0.25, -0.2) is 4.79 Å². The van der Waals surface area contributed by atoms with Crippen molar-refractivity contribution < 1.29 is 19.1 Å². The van der Waals surface area contributed by atoms with Crippen molar-refractivity contribution in [2.24, 2.45) is 5.41 Å². The number of hydrogen-bond acceptors (Lipinski definition) is 5. The van der Waals surface area contributed by atoms with E-state index in [0.717, 1.165) is 49.6 Å². The molecule has 196 valence electrons.